The minimum absolute atomic E-state index is 0.200. The zero-order valence-corrected chi connectivity index (χ0v) is 26.1. The zero-order chi connectivity index (χ0) is 31.9. The van der Waals surface area contributed by atoms with Crippen LogP contribution in [0.5, 0.6) is 0 Å². The van der Waals surface area contributed by atoms with Crippen molar-refractivity contribution in [1.82, 2.24) is 15.0 Å². The first-order chi connectivity index (χ1) is 23.8. The fourth-order valence-electron chi connectivity index (χ4n) is 6.85. The maximum Gasteiger partial charge on any atom is 0.320 e. The molecule has 0 radical (unpaired) electrons. The van der Waals surface area contributed by atoms with E-state index >= 15 is 0 Å². The summed E-state index contributed by atoms with van der Waals surface area (Å²) < 4.78 is 0. The molecule has 3 heterocycles. The monoisotopic (exact) mass is 612 g/mol. The average molecular weight is 613 g/mol. The van der Waals surface area contributed by atoms with Crippen molar-refractivity contribution < 1.29 is 0 Å². The molecule has 0 atom stereocenters. The van der Waals surface area contributed by atoms with Gasteiger partial charge in [0.15, 0.2) is 17.5 Å². The standard InChI is InChI=1S/C43H29BN4/c1-4-14-30(15-5-1)37-29-34(43-46-41(31-16-6-2-7-17-31)45-42(47-43)32-18-8-3-9-19-32)22-24-35(37)33-23-25-40-38(28-33)36-20-10-11-21-39(36)44-26-12-13-27-48(40)44/h1-29H. The summed E-state index contributed by atoms with van der Waals surface area (Å²) in [7, 11) is 0. The molecule has 0 aliphatic carbocycles. The second kappa shape index (κ2) is 11.8. The van der Waals surface area contributed by atoms with Gasteiger partial charge in [-0.2, -0.15) is 0 Å². The Bertz CT molecular complexity index is 2290. The molecule has 0 spiro atoms. The van der Waals surface area contributed by atoms with Gasteiger partial charge in [0.1, 0.15) is 0 Å². The largest absolute Gasteiger partial charge is 0.383 e. The summed E-state index contributed by atoms with van der Waals surface area (Å²) in [5.74, 6) is 4.22. The number of nitrogens with zero attached hydrogens (tertiary/aromatic N) is 4. The molecule has 0 fully saturated rings. The van der Waals surface area contributed by atoms with Gasteiger partial charge in [0, 0.05) is 27.9 Å². The van der Waals surface area contributed by atoms with Gasteiger partial charge in [-0.15, -0.1) is 0 Å². The predicted molar refractivity (Wildman–Crippen MR) is 199 cm³/mol. The predicted octanol–water partition coefficient (Wildman–Crippen LogP) is 9.51. The van der Waals surface area contributed by atoms with Gasteiger partial charge < -0.3 is 4.81 Å². The van der Waals surface area contributed by atoms with Gasteiger partial charge in [0.2, 0.25) is 0 Å². The van der Waals surface area contributed by atoms with Gasteiger partial charge >= 0.3 is 6.85 Å². The maximum atomic E-state index is 5.02. The number of allylic oxidation sites excluding steroid dienone is 2. The molecule has 2 aliphatic heterocycles. The van der Waals surface area contributed by atoms with Gasteiger partial charge in [-0.05, 0) is 63.8 Å². The first-order valence-corrected chi connectivity index (χ1v) is 16.2. The second-order valence-corrected chi connectivity index (χ2v) is 12.1. The van der Waals surface area contributed by atoms with E-state index in [9.17, 15) is 0 Å². The molecule has 0 unspecified atom stereocenters. The molecule has 4 nitrogen and oxygen atoms in total. The summed E-state index contributed by atoms with van der Waals surface area (Å²) in [5, 5.41) is 0. The van der Waals surface area contributed by atoms with E-state index in [1.165, 1.54) is 22.3 Å². The highest BCUT2D eigenvalue weighted by Crippen LogP contribution is 2.42. The highest BCUT2D eigenvalue weighted by atomic mass is 15.1. The Morgan fingerprint density at radius 3 is 1.65 bits per heavy atom. The van der Waals surface area contributed by atoms with E-state index in [1.807, 2.05) is 60.7 Å². The third-order valence-electron chi connectivity index (χ3n) is 9.17. The maximum absolute atomic E-state index is 5.02. The van der Waals surface area contributed by atoms with Crippen LogP contribution in [-0.2, 0) is 0 Å². The SMILES string of the molecule is C1=CB2c3ccccc3-c3cc(-c4ccc(-c5nc(-c6ccccc6)nc(-c6ccccc6)n5)cc4-c4ccccc4)ccc3N2C=C1. The van der Waals surface area contributed by atoms with Crippen LogP contribution in [0, 0.1) is 0 Å². The molecule has 6 aromatic carbocycles. The quantitative estimate of drug-likeness (QED) is 0.182. The fraction of sp³-hybridized carbons (Fsp3) is 0. The van der Waals surface area contributed by atoms with E-state index in [0.717, 1.165) is 38.9 Å². The number of hydrogen-bond donors (Lipinski definition) is 0. The third-order valence-corrected chi connectivity index (χ3v) is 9.17. The molecule has 0 saturated carbocycles. The van der Waals surface area contributed by atoms with Crippen LogP contribution in [0.4, 0.5) is 5.69 Å². The fourth-order valence-corrected chi connectivity index (χ4v) is 6.85. The molecular formula is C43H29BN4. The molecule has 0 bridgehead atoms. The Hall–Kier alpha value is -6.33. The van der Waals surface area contributed by atoms with E-state index in [2.05, 4.69) is 120 Å². The Kier molecular flexibility index (Phi) is 6.87. The number of benzene rings is 6. The summed E-state index contributed by atoms with van der Waals surface area (Å²) >= 11 is 0. The second-order valence-electron chi connectivity index (χ2n) is 12.1. The summed E-state index contributed by atoms with van der Waals surface area (Å²) in [4.78, 5) is 17.3. The van der Waals surface area contributed by atoms with E-state index in [1.54, 1.807) is 0 Å². The first kappa shape index (κ1) is 27.9. The highest BCUT2D eigenvalue weighted by Gasteiger charge is 2.32. The van der Waals surface area contributed by atoms with Crippen LogP contribution in [0.1, 0.15) is 0 Å². The van der Waals surface area contributed by atoms with Crippen LogP contribution in [0.25, 0.3) is 67.5 Å². The summed E-state index contributed by atoms with van der Waals surface area (Å²) in [5.41, 5.74) is 12.5. The topological polar surface area (TPSA) is 41.9 Å². The normalized spacial score (nSPS) is 12.8. The average Bonchev–Trinajstić information content (AvgIpc) is 3.18. The molecule has 9 rings (SSSR count). The van der Waals surface area contributed by atoms with Crippen molar-refractivity contribution in [3.63, 3.8) is 0 Å². The van der Waals surface area contributed by atoms with Crippen molar-refractivity contribution in [2.45, 2.75) is 0 Å². The molecular weight excluding hydrogens is 583 g/mol. The molecule has 224 valence electrons. The lowest BCUT2D eigenvalue weighted by atomic mass is 9.49. The van der Waals surface area contributed by atoms with Crippen molar-refractivity contribution in [1.29, 1.82) is 0 Å². The van der Waals surface area contributed by atoms with E-state index < -0.39 is 0 Å². The van der Waals surface area contributed by atoms with E-state index in [-0.39, 0.29) is 6.85 Å². The van der Waals surface area contributed by atoms with Crippen LogP contribution in [0.15, 0.2) is 176 Å². The molecule has 5 heteroatoms. The zero-order valence-electron chi connectivity index (χ0n) is 26.1. The number of anilines is 1. The smallest absolute Gasteiger partial charge is 0.320 e. The Morgan fingerprint density at radius 2 is 0.958 bits per heavy atom. The van der Waals surface area contributed by atoms with Crippen LogP contribution >= 0.6 is 0 Å². The lowest BCUT2D eigenvalue weighted by Gasteiger charge is -2.36. The summed E-state index contributed by atoms with van der Waals surface area (Å²) in [6.07, 6.45) is 6.44. The molecule has 0 N–H and O–H groups in total. The lowest BCUT2D eigenvalue weighted by molar-refractivity contribution is 1.07. The number of fused-ring (bicyclic) bond motifs is 6. The van der Waals surface area contributed by atoms with Crippen molar-refractivity contribution in [2.75, 3.05) is 4.81 Å². The van der Waals surface area contributed by atoms with Crippen molar-refractivity contribution in [3.05, 3.63) is 176 Å². The van der Waals surface area contributed by atoms with Crippen LogP contribution in [0.2, 0.25) is 0 Å². The van der Waals surface area contributed by atoms with Crippen molar-refractivity contribution >= 4 is 18.0 Å². The summed E-state index contributed by atoms with van der Waals surface area (Å²) in [6.45, 7) is 0.200. The van der Waals surface area contributed by atoms with Gasteiger partial charge in [0.25, 0.3) is 0 Å². The molecule has 2 aliphatic rings. The number of hydrogen-bond acceptors (Lipinski definition) is 4. The molecule has 0 saturated heterocycles. The van der Waals surface area contributed by atoms with Gasteiger partial charge in [0.05, 0.1) is 0 Å². The first-order valence-electron chi connectivity index (χ1n) is 16.2. The highest BCUT2D eigenvalue weighted by molar-refractivity contribution is 6.83. The van der Waals surface area contributed by atoms with Gasteiger partial charge in [-0.25, -0.2) is 15.0 Å². The lowest BCUT2D eigenvalue weighted by Crippen LogP contribution is -2.49. The van der Waals surface area contributed by atoms with Crippen LogP contribution in [-0.4, -0.2) is 21.8 Å². The minimum Gasteiger partial charge on any atom is -0.383 e. The van der Waals surface area contributed by atoms with Gasteiger partial charge in [-0.3, -0.25) is 0 Å². The molecule has 1 aromatic heterocycles. The minimum atomic E-state index is 0.200. The molecule has 48 heavy (non-hydrogen) atoms. The van der Waals surface area contributed by atoms with E-state index in [0.29, 0.717) is 17.5 Å². The number of aromatic nitrogens is 3. The Balaban J connectivity index is 1.21. The Labute approximate surface area is 280 Å². The molecule has 7 aromatic rings. The summed E-state index contributed by atoms with van der Waals surface area (Å²) in [6, 6.07) is 53.0. The van der Waals surface area contributed by atoms with Crippen molar-refractivity contribution in [3.8, 4) is 67.5 Å². The van der Waals surface area contributed by atoms with Crippen molar-refractivity contribution in [2.24, 2.45) is 0 Å². The third kappa shape index (κ3) is 4.93. The Morgan fingerprint density at radius 1 is 0.396 bits per heavy atom. The molecule has 0 amide bonds. The van der Waals surface area contributed by atoms with Crippen LogP contribution < -0.4 is 10.3 Å². The van der Waals surface area contributed by atoms with E-state index in [4.69, 9.17) is 15.0 Å². The van der Waals surface area contributed by atoms with Crippen LogP contribution in [0.3, 0.4) is 0 Å². The number of rotatable bonds is 5. The van der Waals surface area contributed by atoms with Gasteiger partial charge in [-0.1, -0.05) is 146 Å².